The first-order valence-electron chi connectivity index (χ1n) is 10.4. The molecule has 0 aliphatic carbocycles. The molecular formula is C24H28Cl3NO. The van der Waals surface area contributed by atoms with Crippen LogP contribution in [-0.4, -0.2) is 29.6 Å². The zero-order valence-corrected chi connectivity index (χ0v) is 19.3. The van der Waals surface area contributed by atoms with Gasteiger partial charge < -0.3 is 10.0 Å². The van der Waals surface area contributed by atoms with Gasteiger partial charge in [0, 0.05) is 22.0 Å². The normalized spacial score (nSPS) is 12.9. The van der Waals surface area contributed by atoms with E-state index in [9.17, 15) is 5.11 Å². The van der Waals surface area contributed by atoms with Crippen LogP contribution in [0.3, 0.4) is 0 Å². The summed E-state index contributed by atoms with van der Waals surface area (Å²) in [5.74, 6) is 0. The summed E-state index contributed by atoms with van der Waals surface area (Å²) < 4.78 is 0. The molecule has 5 heteroatoms. The molecule has 0 radical (unpaired) electrons. The highest BCUT2D eigenvalue weighted by atomic mass is 35.5. The Morgan fingerprint density at radius 3 is 2.21 bits per heavy atom. The van der Waals surface area contributed by atoms with Crippen LogP contribution < -0.4 is 0 Å². The fraction of sp³-hybridized carbons (Fsp3) is 0.417. The fourth-order valence-corrected chi connectivity index (χ4v) is 4.67. The van der Waals surface area contributed by atoms with Gasteiger partial charge in [0.05, 0.1) is 11.1 Å². The Morgan fingerprint density at radius 2 is 1.55 bits per heavy atom. The van der Waals surface area contributed by atoms with E-state index in [-0.39, 0.29) is 0 Å². The van der Waals surface area contributed by atoms with Crippen molar-refractivity contribution < 1.29 is 5.11 Å². The van der Waals surface area contributed by atoms with Gasteiger partial charge in [0.1, 0.15) is 0 Å². The van der Waals surface area contributed by atoms with Crippen LogP contribution in [0.25, 0.3) is 21.5 Å². The molecule has 0 aliphatic heterocycles. The average Bonchev–Trinajstić information content (AvgIpc) is 2.68. The van der Waals surface area contributed by atoms with Gasteiger partial charge >= 0.3 is 0 Å². The first kappa shape index (κ1) is 22.7. The number of hydrogen-bond acceptors (Lipinski definition) is 2. The van der Waals surface area contributed by atoms with Gasteiger partial charge in [-0.1, -0.05) is 67.6 Å². The number of rotatable bonds is 9. The molecule has 0 saturated carbocycles. The lowest BCUT2D eigenvalue weighted by Crippen LogP contribution is -2.30. The standard InChI is InChI=1S/C24H28Cl3NO/c1-3-5-9-28(10-6-4-2)15-23(29)20-12-16-11-18(26)14-22(27)24(16)21-13-17(25)7-8-19(20)21/h7-8,11-14,23,29H,3-6,9-10,15H2,1-2H3. The van der Waals surface area contributed by atoms with Gasteiger partial charge in [-0.05, 0) is 78.0 Å². The molecular weight excluding hydrogens is 425 g/mol. The topological polar surface area (TPSA) is 23.5 Å². The number of fused-ring (bicyclic) bond motifs is 3. The predicted octanol–water partition coefficient (Wildman–Crippen LogP) is 7.89. The monoisotopic (exact) mass is 451 g/mol. The molecule has 3 rings (SSSR count). The maximum absolute atomic E-state index is 11.2. The van der Waals surface area contributed by atoms with Gasteiger partial charge in [0.2, 0.25) is 0 Å². The predicted molar refractivity (Wildman–Crippen MR) is 128 cm³/mol. The summed E-state index contributed by atoms with van der Waals surface area (Å²) in [6.07, 6.45) is 3.96. The Morgan fingerprint density at radius 1 is 0.862 bits per heavy atom. The molecule has 3 aromatic rings. The Hall–Kier alpha value is -1.03. The maximum Gasteiger partial charge on any atom is 0.0923 e. The number of benzene rings is 3. The molecule has 0 aliphatic rings. The van der Waals surface area contributed by atoms with Gasteiger partial charge in [-0.3, -0.25) is 0 Å². The summed E-state index contributed by atoms with van der Waals surface area (Å²) >= 11 is 19.1. The van der Waals surface area contributed by atoms with E-state index in [0.717, 1.165) is 65.9 Å². The first-order valence-corrected chi connectivity index (χ1v) is 11.5. The van der Waals surface area contributed by atoms with Crippen LogP contribution in [0.5, 0.6) is 0 Å². The molecule has 0 heterocycles. The van der Waals surface area contributed by atoms with Crippen molar-refractivity contribution in [1.82, 2.24) is 4.90 Å². The second-order valence-corrected chi connectivity index (χ2v) is 8.95. The van der Waals surface area contributed by atoms with E-state index < -0.39 is 6.10 Å². The Labute approximate surface area is 188 Å². The van der Waals surface area contributed by atoms with Crippen molar-refractivity contribution in [2.24, 2.45) is 0 Å². The van der Waals surface area contributed by atoms with Crippen molar-refractivity contribution >= 4 is 56.3 Å². The second kappa shape index (κ2) is 10.3. The third-order valence-electron chi connectivity index (χ3n) is 5.40. The number of nitrogens with zero attached hydrogens (tertiary/aromatic N) is 1. The molecule has 0 amide bonds. The number of aliphatic hydroxyl groups excluding tert-OH is 1. The first-order chi connectivity index (χ1) is 13.9. The van der Waals surface area contributed by atoms with Crippen LogP contribution >= 0.6 is 34.8 Å². The van der Waals surface area contributed by atoms with Crippen LogP contribution in [0.15, 0.2) is 36.4 Å². The molecule has 1 atom stereocenters. The highest BCUT2D eigenvalue weighted by Crippen LogP contribution is 2.38. The lowest BCUT2D eigenvalue weighted by molar-refractivity contribution is 0.112. The zero-order chi connectivity index (χ0) is 21.0. The van der Waals surface area contributed by atoms with E-state index in [4.69, 9.17) is 34.8 Å². The molecule has 29 heavy (non-hydrogen) atoms. The van der Waals surface area contributed by atoms with Crippen molar-refractivity contribution in [1.29, 1.82) is 0 Å². The van der Waals surface area contributed by atoms with Gasteiger partial charge in [0.15, 0.2) is 0 Å². The summed E-state index contributed by atoms with van der Waals surface area (Å²) in [6, 6.07) is 11.4. The van der Waals surface area contributed by atoms with Gasteiger partial charge in [-0.25, -0.2) is 0 Å². The largest absolute Gasteiger partial charge is 0.387 e. The van der Waals surface area contributed by atoms with Crippen LogP contribution in [-0.2, 0) is 0 Å². The Balaban J connectivity index is 2.07. The van der Waals surface area contributed by atoms with Crippen molar-refractivity contribution in [3.8, 4) is 0 Å². The molecule has 2 nitrogen and oxygen atoms in total. The second-order valence-electron chi connectivity index (χ2n) is 7.66. The van der Waals surface area contributed by atoms with Gasteiger partial charge in [0.25, 0.3) is 0 Å². The third-order valence-corrected chi connectivity index (χ3v) is 6.16. The van der Waals surface area contributed by atoms with E-state index in [2.05, 4.69) is 18.7 Å². The molecule has 3 aromatic carbocycles. The van der Waals surface area contributed by atoms with Crippen molar-refractivity contribution in [2.45, 2.75) is 45.6 Å². The van der Waals surface area contributed by atoms with Crippen molar-refractivity contribution in [2.75, 3.05) is 19.6 Å². The quantitative estimate of drug-likeness (QED) is 0.334. The van der Waals surface area contributed by atoms with Crippen molar-refractivity contribution in [3.63, 3.8) is 0 Å². The van der Waals surface area contributed by atoms with Gasteiger partial charge in [-0.2, -0.15) is 0 Å². The minimum Gasteiger partial charge on any atom is -0.387 e. The number of halogens is 3. The highest BCUT2D eigenvalue weighted by molar-refractivity contribution is 6.41. The maximum atomic E-state index is 11.2. The van der Waals surface area contributed by atoms with E-state index in [1.165, 1.54) is 0 Å². The average molecular weight is 453 g/mol. The molecule has 0 aromatic heterocycles. The van der Waals surface area contributed by atoms with Crippen LogP contribution in [0.1, 0.15) is 51.2 Å². The summed E-state index contributed by atoms with van der Waals surface area (Å²) in [6.45, 7) is 7.01. The van der Waals surface area contributed by atoms with E-state index in [0.29, 0.717) is 21.6 Å². The number of hydrogen-bond donors (Lipinski definition) is 1. The minimum atomic E-state index is -0.602. The molecule has 0 bridgehead atoms. The molecule has 1 N–H and O–H groups in total. The number of aliphatic hydroxyl groups is 1. The Bertz CT molecular complexity index is 981. The third kappa shape index (κ3) is 5.37. The molecule has 1 unspecified atom stereocenters. The molecule has 0 fully saturated rings. The van der Waals surface area contributed by atoms with E-state index >= 15 is 0 Å². The molecule has 0 saturated heterocycles. The summed E-state index contributed by atoms with van der Waals surface area (Å²) in [5.41, 5.74) is 0.889. The zero-order valence-electron chi connectivity index (χ0n) is 17.0. The molecule has 0 spiro atoms. The lowest BCUT2D eigenvalue weighted by atomic mass is 9.94. The van der Waals surface area contributed by atoms with E-state index in [1.54, 1.807) is 6.07 Å². The van der Waals surface area contributed by atoms with Crippen LogP contribution in [0.2, 0.25) is 15.1 Å². The summed E-state index contributed by atoms with van der Waals surface area (Å²) in [4.78, 5) is 2.37. The smallest absolute Gasteiger partial charge is 0.0923 e. The SMILES string of the molecule is CCCCN(CCCC)CC(O)c1cc2cc(Cl)cc(Cl)c2c2cc(Cl)ccc12. The van der Waals surface area contributed by atoms with Crippen LogP contribution in [0, 0.1) is 0 Å². The van der Waals surface area contributed by atoms with Gasteiger partial charge in [-0.15, -0.1) is 0 Å². The van der Waals surface area contributed by atoms with Crippen LogP contribution in [0.4, 0.5) is 0 Å². The fourth-order valence-electron chi connectivity index (χ4n) is 3.89. The lowest BCUT2D eigenvalue weighted by Gasteiger charge is -2.26. The summed E-state index contributed by atoms with van der Waals surface area (Å²) in [5, 5.41) is 16.8. The summed E-state index contributed by atoms with van der Waals surface area (Å²) in [7, 11) is 0. The minimum absolute atomic E-state index is 0.580. The van der Waals surface area contributed by atoms with Crippen molar-refractivity contribution in [3.05, 3.63) is 57.0 Å². The Kier molecular flexibility index (Phi) is 8.07. The highest BCUT2D eigenvalue weighted by Gasteiger charge is 2.19. The molecule has 156 valence electrons. The number of unbranched alkanes of at least 4 members (excludes halogenated alkanes) is 2. The van der Waals surface area contributed by atoms with E-state index in [1.807, 2.05) is 30.3 Å².